The van der Waals surface area contributed by atoms with E-state index in [0.717, 1.165) is 12.0 Å². The number of carbonyl (C=O) groups is 1. The van der Waals surface area contributed by atoms with E-state index in [1.54, 1.807) is 30.5 Å². The second-order valence-electron chi connectivity index (χ2n) is 9.11. The summed E-state index contributed by atoms with van der Waals surface area (Å²) in [6, 6.07) is 6.88. The van der Waals surface area contributed by atoms with Gasteiger partial charge in [0.2, 0.25) is 6.10 Å². The topological polar surface area (TPSA) is 75.1 Å². The summed E-state index contributed by atoms with van der Waals surface area (Å²) >= 11 is 0. The zero-order chi connectivity index (χ0) is 25.1. The van der Waals surface area contributed by atoms with Crippen LogP contribution in [-0.2, 0) is 20.8 Å². The molecule has 1 aromatic carbocycles. The van der Waals surface area contributed by atoms with E-state index in [-0.39, 0.29) is 25.7 Å². The third-order valence-corrected chi connectivity index (χ3v) is 6.53. The van der Waals surface area contributed by atoms with Crippen molar-refractivity contribution in [2.75, 3.05) is 33.4 Å². The number of hydrogen-bond donors (Lipinski definition) is 0. The molecule has 2 saturated heterocycles. The van der Waals surface area contributed by atoms with Crippen LogP contribution in [-0.4, -0.2) is 72.1 Å². The lowest BCUT2D eigenvalue weighted by Gasteiger charge is -2.38. The Morgan fingerprint density at radius 3 is 2.57 bits per heavy atom. The van der Waals surface area contributed by atoms with Gasteiger partial charge in [0.1, 0.15) is 5.75 Å². The standard InChI is InChI=1S/C24H30F3N3O5/c1-17-12-28-30(13-17)19-11-23(34-15-19)7-9-29(10-8-23)22(31)35-21(24(25,26)27)16-33-14-18-3-5-20(32-2)6-4-18/h3-6,12-13,19,21H,7-11,14-16H2,1-2H3. The number of carbonyl (C=O) groups excluding carboxylic acids is 1. The predicted molar refractivity (Wildman–Crippen MR) is 119 cm³/mol. The molecular weight excluding hydrogens is 467 g/mol. The third kappa shape index (κ3) is 6.26. The van der Waals surface area contributed by atoms with Crippen LogP contribution < -0.4 is 4.74 Å². The molecule has 2 unspecified atom stereocenters. The monoisotopic (exact) mass is 497 g/mol. The molecule has 1 aromatic heterocycles. The molecule has 192 valence electrons. The van der Waals surface area contributed by atoms with E-state index >= 15 is 0 Å². The van der Waals surface area contributed by atoms with Gasteiger partial charge in [0.25, 0.3) is 0 Å². The number of halogens is 3. The highest BCUT2D eigenvalue weighted by molar-refractivity contribution is 5.68. The predicted octanol–water partition coefficient (Wildman–Crippen LogP) is 4.28. The first-order chi connectivity index (χ1) is 16.7. The van der Waals surface area contributed by atoms with Gasteiger partial charge < -0.3 is 23.8 Å². The van der Waals surface area contributed by atoms with Crippen molar-refractivity contribution < 1.29 is 36.9 Å². The first-order valence-corrected chi connectivity index (χ1v) is 11.6. The van der Waals surface area contributed by atoms with E-state index in [4.69, 9.17) is 18.9 Å². The Balaban J connectivity index is 1.26. The highest BCUT2D eigenvalue weighted by Gasteiger charge is 2.47. The van der Waals surface area contributed by atoms with Crippen molar-refractivity contribution in [2.45, 2.75) is 56.7 Å². The van der Waals surface area contributed by atoms with E-state index in [1.807, 2.05) is 17.8 Å². The number of piperidine rings is 1. The van der Waals surface area contributed by atoms with Gasteiger partial charge in [-0.15, -0.1) is 0 Å². The zero-order valence-corrected chi connectivity index (χ0v) is 19.8. The Bertz CT molecular complexity index is 987. The summed E-state index contributed by atoms with van der Waals surface area (Å²) in [6.07, 6.45) is -2.51. The number of amides is 1. The molecule has 2 aliphatic heterocycles. The molecule has 1 spiro atoms. The van der Waals surface area contributed by atoms with Crippen molar-refractivity contribution in [1.29, 1.82) is 0 Å². The molecular formula is C24H30F3N3O5. The maximum Gasteiger partial charge on any atom is 0.427 e. The van der Waals surface area contributed by atoms with Gasteiger partial charge in [-0.05, 0) is 43.0 Å². The fraction of sp³-hybridized carbons (Fsp3) is 0.583. The first-order valence-electron chi connectivity index (χ1n) is 11.6. The first kappa shape index (κ1) is 25.3. The number of nitrogens with zero attached hydrogens (tertiary/aromatic N) is 3. The number of methoxy groups -OCH3 is 1. The van der Waals surface area contributed by atoms with E-state index in [9.17, 15) is 18.0 Å². The minimum absolute atomic E-state index is 0.0470. The van der Waals surface area contributed by atoms with Gasteiger partial charge in [0.05, 0.1) is 44.8 Å². The largest absolute Gasteiger partial charge is 0.497 e. The SMILES string of the molecule is COc1ccc(COCC(OC(=O)N2CCC3(CC2)CC(n2cc(C)cn2)CO3)C(F)(F)F)cc1. The van der Waals surface area contributed by atoms with Gasteiger partial charge in [0.15, 0.2) is 0 Å². The minimum atomic E-state index is -4.74. The lowest BCUT2D eigenvalue weighted by Crippen LogP contribution is -2.49. The van der Waals surface area contributed by atoms with Crippen LogP contribution in [0.4, 0.5) is 18.0 Å². The molecule has 2 atom stereocenters. The highest BCUT2D eigenvalue weighted by atomic mass is 19.4. The number of benzene rings is 1. The minimum Gasteiger partial charge on any atom is -0.497 e. The fourth-order valence-electron chi connectivity index (χ4n) is 4.47. The van der Waals surface area contributed by atoms with Crippen molar-refractivity contribution in [3.8, 4) is 5.75 Å². The summed E-state index contributed by atoms with van der Waals surface area (Å²) in [6.45, 7) is 2.19. The van der Waals surface area contributed by atoms with Crippen molar-refractivity contribution in [1.82, 2.24) is 14.7 Å². The van der Waals surface area contributed by atoms with Crippen LogP contribution in [0.1, 0.15) is 36.4 Å². The lowest BCUT2D eigenvalue weighted by molar-refractivity contribution is -0.220. The van der Waals surface area contributed by atoms with Crippen LogP contribution in [0.5, 0.6) is 5.75 Å². The number of rotatable bonds is 7. The molecule has 0 radical (unpaired) electrons. The smallest absolute Gasteiger partial charge is 0.427 e. The zero-order valence-electron chi connectivity index (χ0n) is 19.8. The summed E-state index contributed by atoms with van der Waals surface area (Å²) < 4.78 is 63.6. The van der Waals surface area contributed by atoms with Gasteiger partial charge in [-0.3, -0.25) is 4.68 Å². The third-order valence-electron chi connectivity index (χ3n) is 6.53. The molecule has 2 aliphatic rings. The van der Waals surface area contributed by atoms with Gasteiger partial charge in [-0.2, -0.15) is 18.3 Å². The van der Waals surface area contributed by atoms with E-state index in [1.165, 1.54) is 12.0 Å². The molecule has 0 aliphatic carbocycles. The average molecular weight is 498 g/mol. The fourth-order valence-corrected chi connectivity index (χ4v) is 4.47. The van der Waals surface area contributed by atoms with Crippen LogP contribution >= 0.6 is 0 Å². The normalized spacial score (nSPS) is 20.7. The van der Waals surface area contributed by atoms with Crippen molar-refractivity contribution in [3.05, 3.63) is 47.8 Å². The molecule has 11 heteroatoms. The molecule has 0 saturated carbocycles. The Morgan fingerprint density at radius 1 is 1.26 bits per heavy atom. The number of aryl methyl sites for hydroxylation is 1. The summed E-state index contributed by atoms with van der Waals surface area (Å²) in [5.74, 6) is 0.633. The van der Waals surface area contributed by atoms with E-state index < -0.39 is 30.6 Å². The molecule has 3 heterocycles. The Morgan fingerprint density at radius 2 is 1.97 bits per heavy atom. The molecule has 0 N–H and O–H groups in total. The van der Waals surface area contributed by atoms with E-state index in [2.05, 4.69) is 5.10 Å². The average Bonchev–Trinajstić information content (AvgIpc) is 3.45. The number of alkyl halides is 3. The molecule has 1 amide bonds. The van der Waals surface area contributed by atoms with Crippen LogP contribution in [0.15, 0.2) is 36.7 Å². The van der Waals surface area contributed by atoms with Crippen LogP contribution in [0, 0.1) is 6.92 Å². The Labute approximate surface area is 201 Å². The second kappa shape index (κ2) is 10.4. The van der Waals surface area contributed by atoms with Crippen molar-refractivity contribution in [3.63, 3.8) is 0 Å². The molecule has 8 nitrogen and oxygen atoms in total. The maximum absolute atomic E-state index is 13.5. The molecule has 2 aromatic rings. The number of ether oxygens (including phenoxy) is 4. The summed E-state index contributed by atoms with van der Waals surface area (Å²) in [5.41, 5.74) is 1.35. The molecule has 35 heavy (non-hydrogen) atoms. The van der Waals surface area contributed by atoms with Crippen LogP contribution in [0.25, 0.3) is 0 Å². The van der Waals surface area contributed by atoms with Gasteiger partial charge >= 0.3 is 12.3 Å². The van der Waals surface area contributed by atoms with Crippen LogP contribution in [0.2, 0.25) is 0 Å². The van der Waals surface area contributed by atoms with E-state index in [0.29, 0.717) is 30.8 Å². The molecule has 4 rings (SSSR count). The summed E-state index contributed by atoms with van der Waals surface area (Å²) in [7, 11) is 1.52. The maximum atomic E-state index is 13.5. The summed E-state index contributed by atoms with van der Waals surface area (Å²) in [4.78, 5) is 13.8. The second-order valence-corrected chi connectivity index (χ2v) is 9.11. The number of aromatic nitrogens is 2. The highest BCUT2D eigenvalue weighted by Crippen LogP contribution is 2.40. The number of hydrogen-bond acceptors (Lipinski definition) is 6. The van der Waals surface area contributed by atoms with Crippen molar-refractivity contribution >= 4 is 6.09 Å². The van der Waals surface area contributed by atoms with Gasteiger partial charge in [0, 0.05) is 25.7 Å². The quantitative estimate of drug-likeness (QED) is 0.569. The van der Waals surface area contributed by atoms with Crippen LogP contribution in [0.3, 0.4) is 0 Å². The lowest BCUT2D eigenvalue weighted by atomic mass is 9.87. The Hall–Kier alpha value is -2.79. The van der Waals surface area contributed by atoms with Crippen molar-refractivity contribution in [2.24, 2.45) is 0 Å². The molecule has 0 bridgehead atoms. The van der Waals surface area contributed by atoms with Gasteiger partial charge in [-0.1, -0.05) is 12.1 Å². The van der Waals surface area contributed by atoms with Gasteiger partial charge in [-0.25, -0.2) is 4.79 Å². The molecule has 2 fully saturated rings. The summed E-state index contributed by atoms with van der Waals surface area (Å²) in [5, 5.41) is 4.35. The Kier molecular flexibility index (Phi) is 7.56. The number of likely N-dealkylation sites (tertiary alicyclic amines) is 1.